The van der Waals surface area contributed by atoms with Crippen LogP contribution in [0.3, 0.4) is 0 Å². The third kappa shape index (κ3) is 15.9. The number of phenols is 1. The van der Waals surface area contributed by atoms with E-state index in [1.54, 1.807) is 59.7 Å². The fourth-order valence-corrected chi connectivity index (χ4v) is 2.50. The summed E-state index contributed by atoms with van der Waals surface area (Å²) in [5.41, 5.74) is 0.0360. The van der Waals surface area contributed by atoms with Gasteiger partial charge in [-0.15, -0.1) is 0 Å². The number of methoxy groups -OCH3 is 1. The average Bonchev–Trinajstić information content (AvgIpc) is 2.65. The number of aliphatic hydroxyl groups excluding tert-OH is 3. The molecule has 0 fully saturated rings. The van der Waals surface area contributed by atoms with Gasteiger partial charge in [0, 0.05) is 29.9 Å². The van der Waals surface area contributed by atoms with Crippen molar-refractivity contribution in [2.75, 3.05) is 7.11 Å². The fraction of sp³-hybridized carbons (Fsp3) is 0.435. The van der Waals surface area contributed by atoms with E-state index in [1.165, 1.54) is 19.2 Å². The molecule has 10 heteroatoms. The maximum atomic E-state index is 12.3. The van der Waals surface area contributed by atoms with Gasteiger partial charge in [-0.05, 0) is 47.6 Å². The van der Waals surface area contributed by atoms with Gasteiger partial charge in [0.25, 0.3) is 10.1 Å². The van der Waals surface area contributed by atoms with Gasteiger partial charge in [0.05, 0.1) is 12.7 Å². The topological polar surface area (TPSA) is 162 Å². The summed E-state index contributed by atoms with van der Waals surface area (Å²) < 4.78 is 36.6. The minimum absolute atomic E-state index is 0.167. The van der Waals surface area contributed by atoms with Crippen LogP contribution in [-0.4, -0.2) is 64.6 Å². The highest BCUT2D eigenvalue weighted by molar-refractivity contribution is 7.86. The number of carbonyl (C=O) groups is 1. The Kier molecular flexibility index (Phi) is 16.0. The lowest BCUT2D eigenvalue weighted by atomic mass is 10.0. The van der Waals surface area contributed by atoms with Crippen molar-refractivity contribution < 1.29 is 42.9 Å². The zero-order chi connectivity index (χ0) is 26.4. The maximum Gasteiger partial charge on any atom is 0.298 e. The van der Waals surface area contributed by atoms with Crippen LogP contribution in [0.25, 0.3) is 0 Å². The summed E-state index contributed by atoms with van der Waals surface area (Å²) in [4.78, 5) is 11.7. The van der Waals surface area contributed by atoms with E-state index in [2.05, 4.69) is 0 Å². The Morgan fingerprint density at radius 1 is 0.848 bits per heavy atom. The van der Waals surface area contributed by atoms with Gasteiger partial charge in [-0.3, -0.25) is 9.35 Å². The standard InChI is InChI=1S/C14H12O6S.3C3H8O/c1-20-12-8-11(15)10(7-13(12)21(17,18)19)14(16)9-5-3-2-4-6-9;3*1-3(2)4/h2-8,15H,1H3,(H,17,18,19);3*3-4H,1-2H3. The molecule has 0 unspecified atom stereocenters. The number of rotatable bonds is 4. The monoisotopic (exact) mass is 488 g/mol. The predicted molar refractivity (Wildman–Crippen MR) is 126 cm³/mol. The fourth-order valence-electron chi connectivity index (χ4n) is 1.84. The Morgan fingerprint density at radius 3 is 1.58 bits per heavy atom. The largest absolute Gasteiger partial charge is 0.507 e. The third-order valence-electron chi connectivity index (χ3n) is 2.84. The van der Waals surface area contributed by atoms with Crippen molar-refractivity contribution in [3.8, 4) is 11.5 Å². The average molecular weight is 489 g/mol. The van der Waals surface area contributed by atoms with E-state index in [0.717, 1.165) is 12.1 Å². The van der Waals surface area contributed by atoms with Gasteiger partial charge in [0.1, 0.15) is 16.4 Å². The summed E-state index contributed by atoms with van der Waals surface area (Å²) in [7, 11) is -3.41. The predicted octanol–water partition coefficient (Wildman–Crippen LogP) is 3.04. The highest BCUT2D eigenvalue weighted by atomic mass is 32.2. The van der Waals surface area contributed by atoms with Crippen LogP contribution in [0.15, 0.2) is 47.4 Å². The van der Waals surface area contributed by atoms with Gasteiger partial charge >= 0.3 is 0 Å². The van der Waals surface area contributed by atoms with E-state index in [1.807, 2.05) is 0 Å². The minimum atomic E-state index is -4.59. The molecular weight excluding hydrogens is 452 g/mol. The van der Waals surface area contributed by atoms with Crippen molar-refractivity contribution >= 4 is 15.9 Å². The normalized spacial score (nSPS) is 10.4. The highest BCUT2D eigenvalue weighted by Crippen LogP contribution is 2.32. The molecular formula is C23H36O9S. The van der Waals surface area contributed by atoms with Crippen LogP contribution in [0.1, 0.15) is 57.5 Å². The van der Waals surface area contributed by atoms with E-state index in [-0.39, 0.29) is 35.2 Å². The Hall–Kier alpha value is -2.50. The summed E-state index contributed by atoms with van der Waals surface area (Å²) >= 11 is 0. The SMILES string of the molecule is CC(C)O.CC(C)O.CC(C)O.COc1cc(O)c(C(=O)c2ccccc2)cc1S(=O)(=O)O. The molecule has 5 N–H and O–H groups in total. The summed E-state index contributed by atoms with van der Waals surface area (Å²) in [6, 6.07) is 9.90. The summed E-state index contributed by atoms with van der Waals surface area (Å²) in [5, 5.41) is 34.0. The lowest BCUT2D eigenvalue weighted by Crippen LogP contribution is -2.07. The number of phenolic OH excluding ortho intramolecular Hbond substituents is 1. The first kappa shape index (κ1) is 32.7. The molecule has 0 atom stereocenters. The highest BCUT2D eigenvalue weighted by Gasteiger charge is 2.23. The number of carbonyl (C=O) groups excluding carboxylic acids is 1. The third-order valence-corrected chi connectivity index (χ3v) is 3.72. The molecule has 33 heavy (non-hydrogen) atoms. The quantitative estimate of drug-likeness (QED) is 0.322. The zero-order valence-electron chi connectivity index (χ0n) is 20.1. The summed E-state index contributed by atoms with van der Waals surface area (Å²) in [6.07, 6.45) is -0.500. The van der Waals surface area contributed by atoms with Gasteiger partial charge in [0.2, 0.25) is 0 Å². The molecule has 188 valence electrons. The van der Waals surface area contributed by atoms with Crippen LogP contribution in [-0.2, 0) is 10.1 Å². The second-order valence-electron chi connectivity index (χ2n) is 7.47. The van der Waals surface area contributed by atoms with Crippen LogP contribution in [0.5, 0.6) is 11.5 Å². The number of aliphatic hydroxyl groups is 3. The molecule has 0 aliphatic rings. The second-order valence-corrected chi connectivity index (χ2v) is 8.86. The van der Waals surface area contributed by atoms with E-state index >= 15 is 0 Å². The summed E-state index contributed by atoms with van der Waals surface area (Å²) in [5.74, 6) is -1.26. The molecule has 0 aromatic heterocycles. The molecule has 0 amide bonds. The molecule has 0 aliphatic carbocycles. The van der Waals surface area contributed by atoms with Crippen molar-refractivity contribution in [2.45, 2.75) is 64.7 Å². The van der Waals surface area contributed by atoms with Crippen LogP contribution < -0.4 is 4.74 Å². The smallest absolute Gasteiger partial charge is 0.298 e. The first-order valence-corrected chi connectivity index (χ1v) is 11.5. The van der Waals surface area contributed by atoms with Crippen LogP contribution in [0.2, 0.25) is 0 Å². The molecule has 2 aromatic carbocycles. The number of hydrogen-bond acceptors (Lipinski definition) is 8. The summed E-state index contributed by atoms with van der Waals surface area (Å²) in [6.45, 7) is 10.3. The Morgan fingerprint density at radius 2 is 1.24 bits per heavy atom. The Balaban J connectivity index is 0. The Bertz CT molecular complexity index is 900. The molecule has 0 bridgehead atoms. The molecule has 0 spiro atoms. The van der Waals surface area contributed by atoms with E-state index in [4.69, 9.17) is 24.6 Å². The van der Waals surface area contributed by atoms with E-state index in [9.17, 15) is 18.3 Å². The van der Waals surface area contributed by atoms with Crippen molar-refractivity contribution in [1.29, 1.82) is 0 Å². The number of ketones is 1. The van der Waals surface area contributed by atoms with Gasteiger partial charge in [-0.1, -0.05) is 30.3 Å². The molecule has 0 aliphatic heterocycles. The van der Waals surface area contributed by atoms with Crippen molar-refractivity contribution in [3.63, 3.8) is 0 Å². The van der Waals surface area contributed by atoms with Crippen molar-refractivity contribution in [3.05, 3.63) is 53.6 Å². The van der Waals surface area contributed by atoms with Gasteiger partial charge in [-0.25, -0.2) is 0 Å². The molecule has 0 saturated heterocycles. The lowest BCUT2D eigenvalue weighted by Gasteiger charge is -2.10. The molecule has 2 aromatic rings. The first-order valence-electron chi connectivity index (χ1n) is 10.1. The number of aromatic hydroxyl groups is 1. The number of ether oxygens (including phenoxy) is 1. The Labute approximate surface area is 196 Å². The van der Waals surface area contributed by atoms with E-state index < -0.39 is 26.5 Å². The van der Waals surface area contributed by atoms with Crippen molar-refractivity contribution in [2.24, 2.45) is 0 Å². The lowest BCUT2D eigenvalue weighted by molar-refractivity contribution is 0.103. The molecule has 0 heterocycles. The van der Waals surface area contributed by atoms with Crippen LogP contribution >= 0.6 is 0 Å². The number of hydrogen-bond donors (Lipinski definition) is 5. The maximum absolute atomic E-state index is 12.3. The van der Waals surface area contributed by atoms with Gasteiger partial charge in [-0.2, -0.15) is 8.42 Å². The molecule has 9 nitrogen and oxygen atoms in total. The number of benzene rings is 2. The second kappa shape index (κ2) is 16.2. The van der Waals surface area contributed by atoms with Crippen molar-refractivity contribution in [1.82, 2.24) is 0 Å². The first-order chi connectivity index (χ1) is 15.0. The van der Waals surface area contributed by atoms with Gasteiger partial charge < -0.3 is 25.2 Å². The minimum Gasteiger partial charge on any atom is -0.507 e. The molecule has 2 rings (SSSR count). The molecule has 0 saturated carbocycles. The van der Waals surface area contributed by atoms with Crippen LogP contribution in [0, 0.1) is 0 Å². The van der Waals surface area contributed by atoms with Gasteiger partial charge in [0.15, 0.2) is 5.78 Å². The van der Waals surface area contributed by atoms with E-state index in [0.29, 0.717) is 0 Å². The molecule has 0 radical (unpaired) electrons. The van der Waals surface area contributed by atoms with Crippen LogP contribution in [0.4, 0.5) is 0 Å². The zero-order valence-corrected chi connectivity index (χ0v) is 20.9.